The highest BCUT2D eigenvalue weighted by Crippen LogP contribution is 2.26. The van der Waals surface area contributed by atoms with Gasteiger partial charge >= 0.3 is 0 Å². The first-order valence-electron chi connectivity index (χ1n) is 3.83. The van der Waals surface area contributed by atoms with Crippen LogP contribution in [0.4, 0.5) is 11.4 Å². The Morgan fingerprint density at radius 2 is 2.00 bits per heavy atom. The van der Waals surface area contributed by atoms with Crippen molar-refractivity contribution in [2.24, 2.45) is 0 Å². The molecule has 1 aromatic carbocycles. The van der Waals surface area contributed by atoms with Crippen LogP contribution < -0.4 is 15.2 Å². The van der Waals surface area contributed by atoms with Crippen molar-refractivity contribution in [2.75, 3.05) is 23.8 Å². The number of nitrogens with two attached hydrogens (primary N) is 1. The Hall–Kier alpha value is -1.14. The van der Waals surface area contributed by atoms with Crippen molar-refractivity contribution in [3.8, 4) is 5.75 Å². The van der Waals surface area contributed by atoms with E-state index in [1.807, 2.05) is 0 Å². The first kappa shape index (κ1) is 13.9. The second-order valence-corrected chi connectivity index (χ2v) is 4.58. The molecule has 0 bridgehead atoms. The van der Waals surface area contributed by atoms with Crippen LogP contribution in [0.5, 0.6) is 5.75 Å². The summed E-state index contributed by atoms with van der Waals surface area (Å²) in [4.78, 5) is 0. The zero-order valence-corrected chi connectivity index (χ0v) is 9.98. The lowest BCUT2D eigenvalue weighted by molar-refractivity contribution is 0.417. The summed E-state index contributed by atoms with van der Waals surface area (Å²) in [6.07, 6.45) is 1.07. The number of hydrogen-bond acceptors (Lipinski definition) is 4. The maximum Gasteiger partial charge on any atom is 0.229 e. The summed E-state index contributed by atoms with van der Waals surface area (Å²) in [5, 5.41) is 0. The largest absolute Gasteiger partial charge is 0.494 e. The molecule has 0 radical (unpaired) electrons. The van der Waals surface area contributed by atoms with Gasteiger partial charge < -0.3 is 10.5 Å². The molecular weight excluding hydrogens is 240 g/mol. The summed E-state index contributed by atoms with van der Waals surface area (Å²) >= 11 is 0. The molecule has 0 aliphatic heterocycles. The Morgan fingerprint density at radius 1 is 1.40 bits per heavy atom. The molecule has 0 spiro atoms. The fraction of sp³-hybridized carbons (Fsp3) is 0.250. The van der Waals surface area contributed by atoms with Gasteiger partial charge in [-0.05, 0) is 12.1 Å². The predicted molar refractivity (Wildman–Crippen MR) is 63.1 cm³/mol. The molecule has 0 amide bonds. The van der Waals surface area contributed by atoms with Gasteiger partial charge in [-0.3, -0.25) is 4.72 Å². The maximum absolute atomic E-state index is 11.0. The molecule has 0 atom stereocenters. The minimum absolute atomic E-state index is 0. The Balaban J connectivity index is 0.00000196. The molecule has 0 saturated heterocycles. The Bertz CT molecular complexity index is 434. The van der Waals surface area contributed by atoms with Crippen molar-refractivity contribution < 1.29 is 13.2 Å². The molecule has 1 aromatic rings. The Morgan fingerprint density at radius 3 is 2.47 bits per heavy atom. The summed E-state index contributed by atoms with van der Waals surface area (Å²) in [5.74, 6) is 0.399. The number of methoxy groups -OCH3 is 1. The fourth-order valence-corrected chi connectivity index (χ4v) is 1.56. The summed E-state index contributed by atoms with van der Waals surface area (Å²) < 4.78 is 29.2. The lowest BCUT2D eigenvalue weighted by Crippen LogP contribution is -2.10. The van der Waals surface area contributed by atoms with Gasteiger partial charge in [-0.15, -0.1) is 12.4 Å². The maximum atomic E-state index is 11.0. The van der Waals surface area contributed by atoms with Crippen LogP contribution in [0.25, 0.3) is 0 Å². The molecule has 0 fully saturated rings. The minimum atomic E-state index is -3.29. The van der Waals surface area contributed by atoms with Gasteiger partial charge in [-0.25, -0.2) is 8.42 Å². The summed E-state index contributed by atoms with van der Waals surface area (Å²) in [6.45, 7) is 0. The molecule has 0 aliphatic rings. The number of rotatable bonds is 3. The average molecular weight is 253 g/mol. The SMILES string of the molecule is COc1cc(N)ccc1NS(C)(=O)=O.Cl. The zero-order valence-electron chi connectivity index (χ0n) is 8.35. The fourth-order valence-electron chi connectivity index (χ4n) is 0.992. The highest BCUT2D eigenvalue weighted by atomic mass is 35.5. The van der Waals surface area contributed by atoms with E-state index >= 15 is 0 Å². The molecule has 0 heterocycles. The first-order valence-corrected chi connectivity index (χ1v) is 5.73. The third-order valence-corrected chi connectivity index (χ3v) is 2.11. The standard InChI is InChI=1S/C8H12N2O3S.ClH/c1-13-8-5-6(9)3-4-7(8)10-14(2,11)12;/h3-5,10H,9H2,1-2H3;1H. The Kier molecular flexibility index (Phi) is 4.70. The van der Waals surface area contributed by atoms with Crippen LogP contribution >= 0.6 is 12.4 Å². The number of halogens is 1. The van der Waals surface area contributed by atoms with Crippen molar-refractivity contribution in [2.45, 2.75) is 0 Å². The van der Waals surface area contributed by atoms with E-state index in [-0.39, 0.29) is 12.4 Å². The van der Waals surface area contributed by atoms with Crippen molar-refractivity contribution in [1.29, 1.82) is 0 Å². The second kappa shape index (κ2) is 5.09. The lowest BCUT2D eigenvalue weighted by Gasteiger charge is -2.09. The molecule has 0 aromatic heterocycles. The van der Waals surface area contributed by atoms with Crippen LogP contribution in [-0.2, 0) is 10.0 Å². The second-order valence-electron chi connectivity index (χ2n) is 2.83. The highest BCUT2D eigenvalue weighted by molar-refractivity contribution is 7.92. The molecule has 0 aliphatic carbocycles. The number of benzene rings is 1. The van der Waals surface area contributed by atoms with E-state index in [1.165, 1.54) is 7.11 Å². The number of nitrogens with one attached hydrogen (secondary N) is 1. The summed E-state index contributed by atoms with van der Waals surface area (Å²) in [7, 11) is -1.85. The van der Waals surface area contributed by atoms with Gasteiger partial charge in [0.15, 0.2) is 0 Å². The van der Waals surface area contributed by atoms with Crippen LogP contribution in [-0.4, -0.2) is 21.8 Å². The van der Waals surface area contributed by atoms with Gasteiger partial charge in [0.1, 0.15) is 5.75 Å². The number of sulfonamides is 1. The summed E-state index contributed by atoms with van der Waals surface area (Å²) in [5.41, 5.74) is 6.40. The third-order valence-electron chi connectivity index (χ3n) is 1.52. The molecule has 3 N–H and O–H groups in total. The van der Waals surface area contributed by atoms with E-state index in [0.717, 1.165) is 6.26 Å². The first-order chi connectivity index (χ1) is 6.42. The van der Waals surface area contributed by atoms with Gasteiger partial charge in [0, 0.05) is 11.8 Å². The van der Waals surface area contributed by atoms with E-state index in [1.54, 1.807) is 18.2 Å². The van der Waals surface area contributed by atoms with Crippen LogP contribution in [0.15, 0.2) is 18.2 Å². The molecule has 5 nitrogen and oxygen atoms in total. The molecule has 86 valence electrons. The number of anilines is 2. The quantitative estimate of drug-likeness (QED) is 0.789. The molecule has 1 rings (SSSR count). The third kappa shape index (κ3) is 4.26. The highest BCUT2D eigenvalue weighted by Gasteiger charge is 2.07. The van der Waals surface area contributed by atoms with Gasteiger partial charge in [-0.2, -0.15) is 0 Å². The lowest BCUT2D eigenvalue weighted by atomic mass is 10.2. The Labute approximate surface area is 95.1 Å². The summed E-state index contributed by atoms with van der Waals surface area (Å²) in [6, 6.07) is 4.69. The topological polar surface area (TPSA) is 81.4 Å². The van der Waals surface area contributed by atoms with E-state index < -0.39 is 10.0 Å². The smallest absolute Gasteiger partial charge is 0.229 e. The average Bonchev–Trinajstić information content (AvgIpc) is 2.06. The minimum Gasteiger partial charge on any atom is -0.494 e. The van der Waals surface area contributed by atoms with Crippen molar-refractivity contribution in [3.05, 3.63) is 18.2 Å². The van der Waals surface area contributed by atoms with Crippen molar-refractivity contribution >= 4 is 33.8 Å². The number of hydrogen-bond donors (Lipinski definition) is 2. The molecule has 0 saturated carbocycles. The van der Waals surface area contributed by atoms with Crippen molar-refractivity contribution in [3.63, 3.8) is 0 Å². The van der Waals surface area contributed by atoms with Crippen LogP contribution in [0, 0.1) is 0 Å². The molecular formula is C8H13ClN2O3S. The van der Waals surface area contributed by atoms with E-state index in [0.29, 0.717) is 17.1 Å². The van der Waals surface area contributed by atoms with E-state index in [2.05, 4.69) is 4.72 Å². The van der Waals surface area contributed by atoms with Crippen LogP contribution in [0.1, 0.15) is 0 Å². The molecule has 15 heavy (non-hydrogen) atoms. The van der Waals surface area contributed by atoms with Gasteiger partial charge in [0.25, 0.3) is 0 Å². The molecule has 7 heteroatoms. The van der Waals surface area contributed by atoms with Gasteiger partial charge in [-0.1, -0.05) is 0 Å². The number of ether oxygens (including phenoxy) is 1. The van der Waals surface area contributed by atoms with E-state index in [4.69, 9.17) is 10.5 Å². The zero-order chi connectivity index (χ0) is 10.8. The van der Waals surface area contributed by atoms with Gasteiger partial charge in [0.05, 0.1) is 19.1 Å². The van der Waals surface area contributed by atoms with Crippen LogP contribution in [0.2, 0.25) is 0 Å². The molecule has 0 unspecified atom stereocenters. The van der Waals surface area contributed by atoms with Crippen LogP contribution in [0.3, 0.4) is 0 Å². The van der Waals surface area contributed by atoms with E-state index in [9.17, 15) is 8.42 Å². The number of nitrogen functional groups attached to an aromatic ring is 1. The van der Waals surface area contributed by atoms with Gasteiger partial charge in [0.2, 0.25) is 10.0 Å². The monoisotopic (exact) mass is 252 g/mol. The predicted octanol–water partition coefficient (Wildman–Crippen LogP) is 1.07. The normalized spacial score (nSPS) is 10.3. The van der Waals surface area contributed by atoms with Crippen molar-refractivity contribution in [1.82, 2.24) is 0 Å².